The standard InChI is InChI=1S/C29H34N6O3/c1-18(2)25-15-32-16-26(34-25)35-27(31-3)23(13-30)24-9-6-19(14-33-24)22-8-7-21(12-20(22)17-37-4)29(10-11-29)28(36)38-5/h6-9,12-16,18,30-31H,10-11,17H2,1-5H3,(H,34,35)/b27-23-,30-13?. The van der Waals surface area contributed by atoms with E-state index in [-0.39, 0.29) is 11.9 Å². The maximum absolute atomic E-state index is 12.4. The summed E-state index contributed by atoms with van der Waals surface area (Å²) in [5, 5.41) is 14.4. The molecule has 0 radical (unpaired) electrons. The predicted octanol–water partition coefficient (Wildman–Crippen LogP) is 4.66. The molecule has 0 bridgehead atoms. The Morgan fingerprint density at radius 1 is 1.16 bits per heavy atom. The number of benzene rings is 1. The van der Waals surface area contributed by atoms with Crippen molar-refractivity contribution in [1.29, 1.82) is 5.41 Å². The molecule has 9 heteroatoms. The van der Waals surface area contributed by atoms with Gasteiger partial charge in [-0.1, -0.05) is 38.1 Å². The van der Waals surface area contributed by atoms with Crippen molar-refractivity contribution in [2.45, 2.75) is 44.6 Å². The maximum Gasteiger partial charge on any atom is 0.316 e. The van der Waals surface area contributed by atoms with Crippen molar-refractivity contribution in [2.24, 2.45) is 0 Å². The van der Waals surface area contributed by atoms with Crippen LogP contribution in [0.3, 0.4) is 0 Å². The monoisotopic (exact) mass is 514 g/mol. The molecular formula is C29H34N6O3. The lowest BCUT2D eigenvalue weighted by Crippen LogP contribution is -2.22. The number of hydrogen-bond donors (Lipinski definition) is 3. The van der Waals surface area contributed by atoms with Crippen LogP contribution in [0.25, 0.3) is 16.7 Å². The molecule has 0 saturated heterocycles. The minimum absolute atomic E-state index is 0.193. The number of pyridine rings is 1. The van der Waals surface area contributed by atoms with Crippen molar-refractivity contribution in [2.75, 3.05) is 26.6 Å². The normalized spacial score (nSPS) is 14.5. The van der Waals surface area contributed by atoms with Crippen LogP contribution in [0.2, 0.25) is 0 Å². The smallest absolute Gasteiger partial charge is 0.316 e. The first-order valence-electron chi connectivity index (χ1n) is 12.6. The number of methoxy groups -OCH3 is 2. The third-order valence-corrected chi connectivity index (χ3v) is 6.80. The predicted molar refractivity (Wildman–Crippen MR) is 148 cm³/mol. The highest BCUT2D eigenvalue weighted by Gasteiger charge is 2.52. The van der Waals surface area contributed by atoms with Gasteiger partial charge in [0.2, 0.25) is 0 Å². The fourth-order valence-electron chi connectivity index (χ4n) is 4.48. The van der Waals surface area contributed by atoms with Crippen LogP contribution in [-0.2, 0) is 26.3 Å². The van der Waals surface area contributed by atoms with E-state index in [9.17, 15) is 4.79 Å². The van der Waals surface area contributed by atoms with Gasteiger partial charge in [0, 0.05) is 38.3 Å². The van der Waals surface area contributed by atoms with E-state index in [1.54, 1.807) is 32.7 Å². The van der Waals surface area contributed by atoms with E-state index in [1.165, 1.54) is 13.3 Å². The number of carbonyl (C=O) groups is 1. The molecule has 1 fully saturated rings. The van der Waals surface area contributed by atoms with Crippen LogP contribution >= 0.6 is 0 Å². The summed E-state index contributed by atoms with van der Waals surface area (Å²) >= 11 is 0. The van der Waals surface area contributed by atoms with Gasteiger partial charge in [0.15, 0.2) is 0 Å². The molecule has 1 aliphatic rings. The molecule has 2 heterocycles. The first-order valence-corrected chi connectivity index (χ1v) is 12.6. The lowest BCUT2D eigenvalue weighted by molar-refractivity contribution is -0.143. The summed E-state index contributed by atoms with van der Waals surface area (Å²) < 4.78 is 10.5. The van der Waals surface area contributed by atoms with Gasteiger partial charge < -0.3 is 25.5 Å². The van der Waals surface area contributed by atoms with Crippen LogP contribution in [0.15, 0.2) is 54.7 Å². The Morgan fingerprint density at radius 3 is 2.53 bits per heavy atom. The van der Waals surface area contributed by atoms with Crippen LogP contribution in [0.4, 0.5) is 5.82 Å². The number of ether oxygens (including phenoxy) is 2. The molecule has 198 valence electrons. The molecule has 0 unspecified atom stereocenters. The average Bonchev–Trinajstić information content (AvgIpc) is 3.75. The highest BCUT2D eigenvalue weighted by molar-refractivity contribution is 6.09. The number of aromatic nitrogens is 3. The second kappa shape index (κ2) is 11.5. The fourth-order valence-corrected chi connectivity index (χ4v) is 4.48. The van der Waals surface area contributed by atoms with Crippen molar-refractivity contribution in [3.8, 4) is 11.1 Å². The second-order valence-corrected chi connectivity index (χ2v) is 9.60. The van der Waals surface area contributed by atoms with Gasteiger partial charge in [-0.25, -0.2) is 4.98 Å². The first-order chi connectivity index (χ1) is 18.4. The summed E-state index contributed by atoms with van der Waals surface area (Å²) in [6.45, 7) is 4.52. The summed E-state index contributed by atoms with van der Waals surface area (Å²) in [6.07, 6.45) is 8.01. The number of anilines is 1. The molecule has 0 atom stereocenters. The van der Waals surface area contributed by atoms with E-state index < -0.39 is 5.41 Å². The minimum Gasteiger partial charge on any atom is -0.468 e. The summed E-state index contributed by atoms with van der Waals surface area (Å²) in [5.41, 5.74) is 5.35. The lowest BCUT2D eigenvalue weighted by atomic mass is 9.90. The molecule has 1 aliphatic carbocycles. The molecule has 4 rings (SSSR count). The topological polar surface area (TPSA) is 122 Å². The van der Waals surface area contributed by atoms with E-state index in [0.717, 1.165) is 40.8 Å². The van der Waals surface area contributed by atoms with Gasteiger partial charge in [0.1, 0.15) is 11.6 Å². The lowest BCUT2D eigenvalue weighted by Gasteiger charge is -2.17. The Labute approximate surface area is 223 Å². The number of hydrogen-bond acceptors (Lipinski definition) is 9. The molecule has 1 aromatic carbocycles. The van der Waals surface area contributed by atoms with Gasteiger partial charge >= 0.3 is 5.97 Å². The van der Waals surface area contributed by atoms with Crippen molar-refractivity contribution in [3.05, 3.63) is 77.3 Å². The zero-order chi connectivity index (χ0) is 27.3. The van der Waals surface area contributed by atoms with Crippen molar-refractivity contribution < 1.29 is 14.3 Å². The van der Waals surface area contributed by atoms with Gasteiger partial charge in [-0.05, 0) is 41.5 Å². The van der Waals surface area contributed by atoms with Gasteiger partial charge in [-0.2, -0.15) is 0 Å². The largest absolute Gasteiger partial charge is 0.468 e. The molecule has 38 heavy (non-hydrogen) atoms. The Bertz CT molecular complexity index is 1350. The van der Waals surface area contributed by atoms with E-state index in [0.29, 0.717) is 29.5 Å². The van der Waals surface area contributed by atoms with Crippen LogP contribution in [0, 0.1) is 5.41 Å². The number of carbonyl (C=O) groups excluding carboxylic acids is 1. The fraction of sp³-hybridized carbons (Fsp3) is 0.345. The highest BCUT2D eigenvalue weighted by Crippen LogP contribution is 2.50. The van der Waals surface area contributed by atoms with Crippen LogP contribution < -0.4 is 10.6 Å². The summed E-state index contributed by atoms with van der Waals surface area (Å²) in [5.74, 6) is 1.23. The Morgan fingerprint density at radius 2 is 1.95 bits per heavy atom. The molecule has 1 saturated carbocycles. The third kappa shape index (κ3) is 5.43. The van der Waals surface area contributed by atoms with Gasteiger partial charge in [-0.15, -0.1) is 0 Å². The van der Waals surface area contributed by atoms with Crippen LogP contribution in [0.1, 0.15) is 55.1 Å². The molecule has 0 amide bonds. The first kappa shape index (κ1) is 26.9. The summed E-state index contributed by atoms with van der Waals surface area (Å²) in [6, 6.07) is 9.89. The zero-order valence-electron chi connectivity index (χ0n) is 22.5. The SMILES string of the molecule is CN/C(Nc1cncc(C(C)C)n1)=C(\C=N)c1ccc(-c2ccc(C3(C(=O)OC)CC3)cc2COC)cn1. The van der Waals surface area contributed by atoms with Crippen molar-refractivity contribution in [1.82, 2.24) is 20.3 Å². The maximum atomic E-state index is 12.4. The van der Waals surface area contributed by atoms with Gasteiger partial charge in [0.05, 0.1) is 42.3 Å². The van der Waals surface area contributed by atoms with Crippen LogP contribution in [0.5, 0.6) is 0 Å². The van der Waals surface area contributed by atoms with E-state index in [2.05, 4.69) is 39.4 Å². The Balaban J connectivity index is 1.64. The molecular weight excluding hydrogens is 480 g/mol. The zero-order valence-corrected chi connectivity index (χ0v) is 22.5. The third-order valence-electron chi connectivity index (χ3n) is 6.80. The second-order valence-electron chi connectivity index (χ2n) is 9.60. The minimum atomic E-state index is -0.544. The Hall–Kier alpha value is -4.11. The number of esters is 1. The van der Waals surface area contributed by atoms with Crippen molar-refractivity contribution >= 4 is 23.6 Å². The molecule has 0 spiro atoms. The molecule has 0 aliphatic heterocycles. The van der Waals surface area contributed by atoms with E-state index >= 15 is 0 Å². The molecule has 3 N–H and O–H groups in total. The van der Waals surface area contributed by atoms with Crippen LogP contribution in [-0.4, -0.2) is 48.4 Å². The van der Waals surface area contributed by atoms with E-state index in [1.807, 2.05) is 30.3 Å². The van der Waals surface area contributed by atoms with Crippen molar-refractivity contribution in [3.63, 3.8) is 0 Å². The summed E-state index contributed by atoms with van der Waals surface area (Å²) in [7, 11) is 4.86. The summed E-state index contributed by atoms with van der Waals surface area (Å²) in [4.78, 5) is 25.9. The van der Waals surface area contributed by atoms with Gasteiger partial charge in [0.25, 0.3) is 0 Å². The van der Waals surface area contributed by atoms with Gasteiger partial charge in [-0.3, -0.25) is 14.8 Å². The number of allylic oxidation sites excluding steroid dienone is 1. The van der Waals surface area contributed by atoms with E-state index in [4.69, 9.17) is 14.9 Å². The molecule has 9 nitrogen and oxygen atoms in total. The number of nitrogens with zero attached hydrogens (tertiary/aromatic N) is 3. The molecule has 3 aromatic rings. The number of nitrogens with one attached hydrogen (secondary N) is 3. The number of rotatable bonds is 11. The Kier molecular flexibility index (Phi) is 8.16. The average molecular weight is 515 g/mol. The molecule has 2 aromatic heterocycles. The highest BCUT2D eigenvalue weighted by atomic mass is 16.5. The quantitative estimate of drug-likeness (QED) is 0.249.